The number of hydrogen-bond donors (Lipinski definition) is 0. The van der Waals surface area contributed by atoms with Gasteiger partial charge in [-0.1, -0.05) is 7.43 Å². The standard InChI is InChI=1S/C3H2N2O.CH4/c6-3-4-1-2-5-3;/h1-2H;1H4. The van der Waals surface area contributed by atoms with E-state index in [-0.39, 0.29) is 7.43 Å². The first-order valence-corrected chi connectivity index (χ1v) is 1.50. The van der Waals surface area contributed by atoms with Gasteiger partial charge in [-0.15, -0.1) is 0 Å². The minimum absolute atomic E-state index is 0. The second-order valence-electron chi connectivity index (χ2n) is 0.839. The molecule has 1 aliphatic rings. The van der Waals surface area contributed by atoms with Crippen LogP contribution < -0.4 is 0 Å². The summed E-state index contributed by atoms with van der Waals surface area (Å²) in [6, 6.07) is -0.407. The number of carbonyl (C=O) groups excluding carboxylic acids is 1. The fourth-order valence-corrected chi connectivity index (χ4v) is 0.228. The van der Waals surface area contributed by atoms with E-state index in [9.17, 15) is 4.79 Å². The molecule has 0 bridgehead atoms. The van der Waals surface area contributed by atoms with Gasteiger partial charge in [0.25, 0.3) is 0 Å². The van der Waals surface area contributed by atoms with Gasteiger partial charge < -0.3 is 0 Å². The summed E-state index contributed by atoms with van der Waals surface area (Å²) in [6.45, 7) is 0. The van der Waals surface area contributed by atoms with Crippen LogP contribution in [-0.2, 0) is 0 Å². The monoisotopic (exact) mass is 98.0 g/mol. The summed E-state index contributed by atoms with van der Waals surface area (Å²) in [7, 11) is 0. The molecule has 0 radical (unpaired) electrons. The zero-order valence-electron chi connectivity index (χ0n) is 2.96. The predicted molar refractivity (Wildman–Crippen MR) is 29.1 cm³/mol. The number of rotatable bonds is 0. The van der Waals surface area contributed by atoms with E-state index in [1.807, 2.05) is 0 Å². The third-order valence-corrected chi connectivity index (χ3v) is 0.437. The highest BCUT2D eigenvalue weighted by Gasteiger charge is 1.91. The fourth-order valence-electron chi connectivity index (χ4n) is 0.228. The van der Waals surface area contributed by atoms with Gasteiger partial charge in [-0.2, -0.15) is 9.98 Å². The van der Waals surface area contributed by atoms with Crippen LogP contribution in [0.25, 0.3) is 0 Å². The third-order valence-electron chi connectivity index (χ3n) is 0.437. The van der Waals surface area contributed by atoms with Gasteiger partial charge in [-0.3, -0.25) is 0 Å². The zero-order valence-corrected chi connectivity index (χ0v) is 2.96. The molecule has 7 heavy (non-hydrogen) atoms. The van der Waals surface area contributed by atoms with Crippen LogP contribution >= 0.6 is 0 Å². The second-order valence-corrected chi connectivity index (χ2v) is 0.839. The molecule has 38 valence electrons. The molecule has 1 aliphatic heterocycles. The summed E-state index contributed by atoms with van der Waals surface area (Å²) in [6.07, 6.45) is 2.73. The first-order valence-electron chi connectivity index (χ1n) is 1.50. The van der Waals surface area contributed by atoms with Gasteiger partial charge in [0.05, 0.1) is 12.4 Å². The van der Waals surface area contributed by atoms with E-state index in [1.165, 1.54) is 12.4 Å². The van der Waals surface area contributed by atoms with Crippen LogP contribution in [0.15, 0.2) is 9.98 Å². The van der Waals surface area contributed by atoms with Gasteiger partial charge in [-0.05, 0) is 0 Å². The number of carbonyl (C=O) groups is 1. The largest absolute Gasteiger partial charge is 0.367 e. The molecule has 0 saturated heterocycles. The molecular formula is C4H6N2O. The topological polar surface area (TPSA) is 41.8 Å². The highest BCUT2D eigenvalue weighted by atomic mass is 16.2. The molecule has 0 aliphatic carbocycles. The molecule has 1 rings (SSSR count). The summed E-state index contributed by atoms with van der Waals surface area (Å²) < 4.78 is 0. The molecule has 0 atom stereocenters. The van der Waals surface area contributed by atoms with Crippen LogP contribution in [0.3, 0.4) is 0 Å². The van der Waals surface area contributed by atoms with Crippen LogP contribution in [0.2, 0.25) is 0 Å². The lowest BCUT2D eigenvalue weighted by atomic mass is 10.9. The highest BCUT2D eigenvalue weighted by Crippen LogP contribution is 1.81. The molecule has 1 heterocycles. The minimum atomic E-state index is -0.407. The highest BCUT2D eigenvalue weighted by molar-refractivity contribution is 6.25. The van der Waals surface area contributed by atoms with E-state index in [4.69, 9.17) is 0 Å². The summed E-state index contributed by atoms with van der Waals surface area (Å²) in [5.41, 5.74) is 0. The van der Waals surface area contributed by atoms with Crippen molar-refractivity contribution in [2.45, 2.75) is 7.43 Å². The Balaban J connectivity index is 0.000000360. The molecule has 0 aromatic rings. The van der Waals surface area contributed by atoms with Gasteiger partial charge in [0.1, 0.15) is 0 Å². The lowest BCUT2D eigenvalue weighted by Gasteiger charge is -1.62. The number of urea groups is 1. The Bertz CT molecular complexity index is 112. The Hall–Kier alpha value is -0.990. The van der Waals surface area contributed by atoms with Crippen LogP contribution in [-0.4, -0.2) is 18.5 Å². The van der Waals surface area contributed by atoms with E-state index < -0.39 is 6.03 Å². The molecule has 0 spiro atoms. The van der Waals surface area contributed by atoms with Crippen molar-refractivity contribution in [1.82, 2.24) is 0 Å². The molecule has 0 aromatic carbocycles. The van der Waals surface area contributed by atoms with E-state index in [0.29, 0.717) is 0 Å². The van der Waals surface area contributed by atoms with Crippen molar-refractivity contribution in [3.63, 3.8) is 0 Å². The zero-order chi connectivity index (χ0) is 4.41. The van der Waals surface area contributed by atoms with E-state index in [2.05, 4.69) is 9.98 Å². The second kappa shape index (κ2) is 2.23. The van der Waals surface area contributed by atoms with E-state index in [1.54, 1.807) is 0 Å². The third kappa shape index (κ3) is 1.26. The van der Waals surface area contributed by atoms with Gasteiger partial charge in [0.2, 0.25) is 0 Å². The molecule has 2 amide bonds. The Kier molecular flexibility index (Phi) is 1.91. The molecule has 0 N–H and O–H groups in total. The summed E-state index contributed by atoms with van der Waals surface area (Å²) >= 11 is 0. The van der Waals surface area contributed by atoms with Gasteiger partial charge in [-0.25, -0.2) is 4.79 Å². The molecule has 0 fully saturated rings. The molecule has 0 aromatic heterocycles. The lowest BCUT2D eigenvalue weighted by molar-refractivity contribution is 0.257. The fraction of sp³-hybridized carbons (Fsp3) is 0.250. The number of amides is 2. The van der Waals surface area contributed by atoms with Crippen LogP contribution in [0.5, 0.6) is 0 Å². The number of hydrogen-bond acceptors (Lipinski definition) is 1. The van der Waals surface area contributed by atoms with Crippen molar-refractivity contribution in [2.24, 2.45) is 9.98 Å². The van der Waals surface area contributed by atoms with Crippen molar-refractivity contribution in [1.29, 1.82) is 0 Å². The van der Waals surface area contributed by atoms with Gasteiger partial charge in [0, 0.05) is 0 Å². The molecule has 3 heteroatoms. The van der Waals surface area contributed by atoms with Gasteiger partial charge >= 0.3 is 6.03 Å². The number of aliphatic imine (C=N–C) groups is 2. The summed E-state index contributed by atoms with van der Waals surface area (Å²) in [5.74, 6) is 0. The summed E-state index contributed by atoms with van der Waals surface area (Å²) in [5, 5.41) is 0. The molecule has 3 nitrogen and oxygen atoms in total. The van der Waals surface area contributed by atoms with Crippen molar-refractivity contribution in [3.05, 3.63) is 0 Å². The first-order chi connectivity index (χ1) is 2.89. The molecular weight excluding hydrogens is 92.1 g/mol. The molecule has 0 unspecified atom stereocenters. The smallest absolute Gasteiger partial charge is 0.244 e. The maximum absolute atomic E-state index is 9.85. The van der Waals surface area contributed by atoms with Crippen LogP contribution in [0.4, 0.5) is 4.79 Å². The average Bonchev–Trinajstić information content (AvgIpc) is 1.86. The maximum Gasteiger partial charge on any atom is 0.367 e. The normalized spacial score (nSPS) is 14.6. The Labute approximate surface area is 41.8 Å². The number of nitrogens with zero attached hydrogens (tertiary/aromatic N) is 2. The first kappa shape index (κ1) is 6.01. The molecule has 0 saturated carbocycles. The average molecular weight is 98.1 g/mol. The van der Waals surface area contributed by atoms with Crippen molar-refractivity contribution in [3.8, 4) is 0 Å². The Morgan fingerprint density at radius 3 is 1.86 bits per heavy atom. The van der Waals surface area contributed by atoms with Crippen molar-refractivity contribution >= 4 is 18.5 Å². The van der Waals surface area contributed by atoms with Crippen molar-refractivity contribution < 1.29 is 4.79 Å². The lowest BCUT2D eigenvalue weighted by Crippen LogP contribution is -1.70. The minimum Gasteiger partial charge on any atom is -0.244 e. The SMILES string of the molecule is C.O=C1N=CC=N1. The van der Waals surface area contributed by atoms with E-state index in [0.717, 1.165) is 0 Å². The summed E-state index contributed by atoms with van der Waals surface area (Å²) in [4.78, 5) is 16.3. The van der Waals surface area contributed by atoms with E-state index >= 15 is 0 Å². The van der Waals surface area contributed by atoms with Crippen molar-refractivity contribution in [2.75, 3.05) is 0 Å². The van der Waals surface area contributed by atoms with Crippen LogP contribution in [0.1, 0.15) is 7.43 Å². The van der Waals surface area contributed by atoms with Crippen LogP contribution in [0, 0.1) is 0 Å². The maximum atomic E-state index is 9.85. The van der Waals surface area contributed by atoms with Gasteiger partial charge in [0.15, 0.2) is 0 Å². The quantitative estimate of drug-likeness (QED) is 0.443. The Morgan fingerprint density at radius 2 is 1.71 bits per heavy atom. The Morgan fingerprint density at radius 1 is 1.29 bits per heavy atom. The predicted octanol–water partition coefficient (Wildman–Crippen LogP) is 0.898.